The Labute approximate surface area is 82.4 Å². The summed E-state index contributed by atoms with van der Waals surface area (Å²) < 4.78 is 12.4. The van der Waals surface area contributed by atoms with E-state index in [9.17, 15) is 4.39 Å². The van der Waals surface area contributed by atoms with Crippen LogP contribution < -0.4 is 0 Å². The number of hydrogen-bond acceptors (Lipinski definition) is 1. The van der Waals surface area contributed by atoms with Crippen LogP contribution in [0.4, 0.5) is 4.39 Å². The summed E-state index contributed by atoms with van der Waals surface area (Å²) in [7, 11) is 0. The van der Waals surface area contributed by atoms with Gasteiger partial charge in [-0.15, -0.1) is 0 Å². The van der Waals surface area contributed by atoms with Gasteiger partial charge in [0, 0.05) is 6.61 Å². The SMILES string of the molecule is CC.CC.OCC1CCC(F)CC1. The first-order chi connectivity index (χ1) is 6.33. The van der Waals surface area contributed by atoms with Crippen LogP contribution in [-0.4, -0.2) is 17.9 Å². The lowest BCUT2D eigenvalue weighted by atomic mass is 9.89. The average molecular weight is 192 g/mol. The maximum atomic E-state index is 12.4. The third-order valence-electron chi connectivity index (χ3n) is 2.03. The minimum absolute atomic E-state index is 0.243. The molecule has 1 saturated carbocycles. The van der Waals surface area contributed by atoms with E-state index in [-0.39, 0.29) is 6.61 Å². The third-order valence-corrected chi connectivity index (χ3v) is 2.03. The smallest absolute Gasteiger partial charge is 0.100 e. The summed E-state index contributed by atoms with van der Waals surface area (Å²) in [4.78, 5) is 0. The molecule has 1 N–H and O–H groups in total. The highest BCUT2D eigenvalue weighted by molar-refractivity contribution is 4.70. The number of halogens is 1. The van der Waals surface area contributed by atoms with E-state index in [2.05, 4.69) is 0 Å². The summed E-state index contributed by atoms with van der Waals surface area (Å²) in [6.45, 7) is 8.24. The van der Waals surface area contributed by atoms with Crippen molar-refractivity contribution >= 4 is 0 Å². The normalized spacial score (nSPS) is 26.3. The van der Waals surface area contributed by atoms with Crippen LogP contribution in [0.1, 0.15) is 53.4 Å². The second-order valence-corrected chi connectivity index (χ2v) is 2.80. The molecule has 1 aliphatic rings. The first kappa shape index (κ1) is 15.4. The van der Waals surface area contributed by atoms with Crippen molar-refractivity contribution in [3.63, 3.8) is 0 Å². The number of aliphatic hydroxyl groups is 1. The van der Waals surface area contributed by atoms with Crippen LogP contribution in [0, 0.1) is 5.92 Å². The van der Waals surface area contributed by atoms with Gasteiger partial charge in [0.15, 0.2) is 0 Å². The molecule has 0 heterocycles. The third kappa shape index (κ3) is 8.23. The number of aliphatic hydroxyl groups excluding tert-OH is 1. The molecule has 0 unspecified atom stereocenters. The second-order valence-electron chi connectivity index (χ2n) is 2.80. The van der Waals surface area contributed by atoms with Crippen molar-refractivity contribution in [3.8, 4) is 0 Å². The Morgan fingerprint density at radius 1 is 1.00 bits per heavy atom. The lowest BCUT2D eigenvalue weighted by Crippen LogP contribution is -2.17. The van der Waals surface area contributed by atoms with Gasteiger partial charge < -0.3 is 5.11 Å². The van der Waals surface area contributed by atoms with Crippen LogP contribution in [0.3, 0.4) is 0 Å². The van der Waals surface area contributed by atoms with Crippen LogP contribution in [-0.2, 0) is 0 Å². The minimum atomic E-state index is -0.590. The molecule has 0 aromatic carbocycles. The number of hydrogen-bond donors (Lipinski definition) is 1. The topological polar surface area (TPSA) is 20.2 Å². The highest BCUT2D eigenvalue weighted by Gasteiger charge is 2.19. The molecule has 2 heteroatoms. The van der Waals surface area contributed by atoms with E-state index in [4.69, 9.17) is 5.11 Å². The van der Waals surface area contributed by atoms with E-state index >= 15 is 0 Å². The first-order valence-electron chi connectivity index (χ1n) is 5.58. The largest absolute Gasteiger partial charge is 0.396 e. The van der Waals surface area contributed by atoms with Gasteiger partial charge in [0.2, 0.25) is 0 Å². The van der Waals surface area contributed by atoms with Crippen molar-refractivity contribution in [2.75, 3.05) is 6.61 Å². The number of rotatable bonds is 1. The molecule has 0 aromatic heterocycles. The second kappa shape index (κ2) is 11.9. The van der Waals surface area contributed by atoms with Crippen LogP contribution >= 0.6 is 0 Å². The molecule has 1 nitrogen and oxygen atoms in total. The van der Waals surface area contributed by atoms with Crippen molar-refractivity contribution in [2.45, 2.75) is 59.5 Å². The molecule has 0 aliphatic heterocycles. The maximum absolute atomic E-state index is 12.4. The van der Waals surface area contributed by atoms with Gasteiger partial charge in [-0.1, -0.05) is 27.7 Å². The Hall–Kier alpha value is -0.110. The molecule has 82 valence electrons. The Morgan fingerprint density at radius 2 is 1.38 bits per heavy atom. The summed E-state index contributed by atoms with van der Waals surface area (Å²) in [5.41, 5.74) is 0. The van der Waals surface area contributed by atoms with Crippen LogP contribution in [0.25, 0.3) is 0 Å². The quantitative estimate of drug-likeness (QED) is 0.673. The van der Waals surface area contributed by atoms with Gasteiger partial charge in [-0.05, 0) is 31.6 Å². The lowest BCUT2D eigenvalue weighted by Gasteiger charge is -2.21. The molecule has 1 fully saturated rings. The minimum Gasteiger partial charge on any atom is -0.396 e. The van der Waals surface area contributed by atoms with Gasteiger partial charge in [-0.25, -0.2) is 4.39 Å². The van der Waals surface area contributed by atoms with E-state index in [1.807, 2.05) is 27.7 Å². The average Bonchev–Trinajstić information content (AvgIpc) is 2.25. The summed E-state index contributed by atoms with van der Waals surface area (Å²) in [6, 6.07) is 0. The Kier molecular flexibility index (Phi) is 14.1. The van der Waals surface area contributed by atoms with Crippen molar-refractivity contribution in [2.24, 2.45) is 5.92 Å². The fourth-order valence-electron chi connectivity index (χ4n) is 1.30. The molecule has 0 radical (unpaired) electrons. The molecular formula is C11H25FO. The van der Waals surface area contributed by atoms with Crippen molar-refractivity contribution in [1.82, 2.24) is 0 Å². The van der Waals surface area contributed by atoms with Gasteiger partial charge in [-0.3, -0.25) is 0 Å². The Balaban J connectivity index is 0. The molecule has 0 spiro atoms. The summed E-state index contributed by atoms with van der Waals surface area (Å²) >= 11 is 0. The molecule has 0 amide bonds. The highest BCUT2D eigenvalue weighted by Crippen LogP contribution is 2.25. The van der Waals surface area contributed by atoms with Gasteiger partial charge in [-0.2, -0.15) is 0 Å². The van der Waals surface area contributed by atoms with Gasteiger partial charge in [0.05, 0.1) is 0 Å². The van der Waals surface area contributed by atoms with Crippen LogP contribution in [0.15, 0.2) is 0 Å². The zero-order valence-electron chi connectivity index (χ0n) is 9.52. The monoisotopic (exact) mass is 192 g/mol. The van der Waals surface area contributed by atoms with Crippen LogP contribution in [0.5, 0.6) is 0 Å². The Morgan fingerprint density at radius 3 is 1.69 bits per heavy atom. The molecule has 13 heavy (non-hydrogen) atoms. The predicted molar refractivity (Wildman–Crippen MR) is 56.6 cm³/mol. The lowest BCUT2D eigenvalue weighted by molar-refractivity contribution is 0.146. The van der Waals surface area contributed by atoms with Crippen LogP contribution in [0.2, 0.25) is 0 Å². The molecule has 0 saturated heterocycles. The summed E-state index contributed by atoms with van der Waals surface area (Å²) in [6.07, 6.45) is 2.47. The van der Waals surface area contributed by atoms with E-state index < -0.39 is 6.17 Å². The molecule has 1 rings (SSSR count). The van der Waals surface area contributed by atoms with E-state index in [0.717, 1.165) is 12.8 Å². The van der Waals surface area contributed by atoms with Crippen molar-refractivity contribution in [1.29, 1.82) is 0 Å². The molecule has 0 bridgehead atoms. The van der Waals surface area contributed by atoms with E-state index in [1.165, 1.54) is 0 Å². The zero-order chi connectivity index (χ0) is 10.7. The standard InChI is InChI=1S/C7H13FO.2C2H6/c8-7-3-1-6(5-9)2-4-7;2*1-2/h6-7,9H,1-5H2;2*1-2H3. The highest BCUT2D eigenvalue weighted by atomic mass is 19.1. The Bertz CT molecular complexity index is 78.2. The fourth-order valence-corrected chi connectivity index (χ4v) is 1.30. The fraction of sp³-hybridized carbons (Fsp3) is 1.00. The predicted octanol–water partition coefficient (Wildman–Crippen LogP) is 3.56. The number of alkyl halides is 1. The molecule has 0 atom stereocenters. The maximum Gasteiger partial charge on any atom is 0.100 e. The van der Waals surface area contributed by atoms with Gasteiger partial charge in [0.1, 0.15) is 6.17 Å². The van der Waals surface area contributed by atoms with E-state index in [1.54, 1.807) is 0 Å². The van der Waals surface area contributed by atoms with Gasteiger partial charge in [0.25, 0.3) is 0 Å². The summed E-state index contributed by atoms with van der Waals surface area (Å²) in [5, 5.41) is 8.65. The van der Waals surface area contributed by atoms with Gasteiger partial charge >= 0.3 is 0 Å². The van der Waals surface area contributed by atoms with E-state index in [0.29, 0.717) is 18.8 Å². The first-order valence-corrected chi connectivity index (χ1v) is 5.58. The zero-order valence-corrected chi connectivity index (χ0v) is 9.52. The van der Waals surface area contributed by atoms with Crippen molar-refractivity contribution < 1.29 is 9.50 Å². The molecule has 0 aromatic rings. The molecular weight excluding hydrogens is 167 g/mol. The van der Waals surface area contributed by atoms with Crippen molar-refractivity contribution in [3.05, 3.63) is 0 Å². The molecule has 1 aliphatic carbocycles. The summed E-state index contributed by atoms with van der Waals surface area (Å²) in [5.74, 6) is 0.386.